The molecule has 2 N–H and O–H groups in total. The maximum Gasteiger partial charge on any atom is 0.0751 e. The van der Waals surface area contributed by atoms with Crippen molar-refractivity contribution < 1.29 is 0 Å². The van der Waals surface area contributed by atoms with Crippen LogP contribution in [0.15, 0.2) is 6.20 Å². The van der Waals surface area contributed by atoms with Gasteiger partial charge in [-0.3, -0.25) is 4.68 Å². The van der Waals surface area contributed by atoms with Gasteiger partial charge in [-0.1, -0.05) is 19.1 Å². The lowest BCUT2D eigenvalue weighted by Gasteiger charge is -2.12. The highest BCUT2D eigenvalue weighted by Crippen LogP contribution is 2.16. The van der Waals surface area contributed by atoms with Crippen LogP contribution in [0.25, 0.3) is 0 Å². The molecule has 0 saturated heterocycles. The topological polar surface area (TPSA) is 56.7 Å². The Balaban J connectivity index is 2.49. The van der Waals surface area contributed by atoms with E-state index in [9.17, 15) is 0 Å². The molecule has 1 heterocycles. The van der Waals surface area contributed by atoms with Crippen LogP contribution in [0.1, 0.15) is 38.4 Å². The molecule has 1 unspecified atom stereocenters. The third-order valence-electron chi connectivity index (χ3n) is 2.18. The van der Waals surface area contributed by atoms with Crippen molar-refractivity contribution in [1.29, 1.82) is 0 Å². The van der Waals surface area contributed by atoms with Crippen molar-refractivity contribution in [2.75, 3.05) is 0 Å². The minimum Gasteiger partial charge on any atom is -0.323 e. The van der Waals surface area contributed by atoms with Gasteiger partial charge in [-0.25, -0.2) is 0 Å². The van der Waals surface area contributed by atoms with Crippen LogP contribution in [-0.2, 0) is 7.05 Å². The smallest absolute Gasteiger partial charge is 0.0751 e. The largest absolute Gasteiger partial charge is 0.323 e. The molecule has 0 fully saturated rings. The van der Waals surface area contributed by atoms with Gasteiger partial charge in [-0.2, -0.15) is 0 Å². The maximum absolute atomic E-state index is 5.99. The summed E-state index contributed by atoms with van der Waals surface area (Å²) >= 11 is 0. The van der Waals surface area contributed by atoms with Gasteiger partial charge in [-0.15, -0.1) is 5.10 Å². The first kappa shape index (κ1) is 10.2. The van der Waals surface area contributed by atoms with E-state index in [4.69, 9.17) is 5.73 Å². The van der Waals surface area contributed by atoms with E-state index >= 15 is 0 Å². The fourth-order valence-corrected chi connectivity index (χ4v) is 1.29. The van der Waals surface area contributed by atoms with Crippen molar-refractivity contribution in [3.8, 4) is 0 Å². The maximum atomic E-state index is 5.99. The number of nitrogens with zero attached hydrogens (tertiary/aromatic N) is 3. The number of aromatic nitrogens is 3. The predicted molar refractivity (Wildman–Crippen MR) is 52.0 cm³/mol. The summed E-state index contributed by atoms with van der Waals surface area (Å²) in [6.45, 7) is 4.41. The first-order valence-corrected chi connectivity index (χ1v) is 4.71. The van der Waals surface area contributed by atoms with Crippen LogP contribution in [0.4, 0.5) is 0 Å². The molecule has 4 heteroatoms. The van der Waals surface area contributed by atoms with Gasteiger partial charge in [-0.05, 0) is 18.8 Å². The van der Waals surface area contributed by atoms with E-state index < -0.39 is 0 Å². The van der Waals surface area contributed by atoms with Gasteiger partial charge in [0.25, 0.3) is 0 Å². The zero-order chi connectivity index (χ0) is 9.84. The lowest BCUT2D eigenvalue weighted by atomic mass is 10.0. The molecule has 1 aromatic heterocycles. The van der Waals surface area contributed by atoms with Gasteiger partial charge < -0.3 is 5.73 Å². The first-order valence-electron chi connectivity index (χ1n) is 4.71. The predicted octanol–water partition coefficient (Wildman–Crippen LogP) is 1.25. The third kappa shape index (κ3) is 2.81. The van der Waals surface area contributed by atoms with Gasteiger partial charge in [0.2, 0.25) is 0 Å². The Morgan fingerprint density at radius 3 is 2.62 bits per heavy atom. The number of hydrogen-bond donors (Lipinski definition) is 1. The second kappa shape index (κ2) is 4.37. The molecular weight excluding hydrogens is 164 g/mol. The second-order valence-electron chi connectivity index (χ2n) is 3.86. The normalized spacial score (nSPS) is 13.6. The molecule has 0 spiro atoms. The molecule has 0 amide bonds. The molecule has 1 aromatic rings. The summed E-state index contributed by atoms with van der Waals surface area (Å²) in [7, 11) is 1.87. The summed E-state index contributed by atoms with van der Waals surface area (Å²) in [6.07, 6.45) is 3.89. The highest BCUT2D eigenvalue weighted by atomic mass is 15.4. The van der Waals surface area contributed by atoms with Crippen LogP contribution in [0, 0.1) is 5.92 Å². The standard InChI is InChI=1S/C9H18N4/c1-7(2)4-5-8(10)9-6-11-12-13(9)3/h6-8H,4-5,10H2,1-3H3. The summed E-state index contributed by atoms with van der Waals surface area (Å²) in [5.74, 6) is 0.701. The molecule has 1 rings (SSSR count). The third-order valence-corrected chi connectivity index (χ3v) is 2.18. The molecule has 0 aliphatic heterocycles. The van der Waals surface area contributed by atoms with Gasteiger partial charge >= 0.3 is 0 Å². The molecule has 74 valence electrons. The van der Waals surface area contributed by atoms with E-state index in [1.807, 2.05) is 7.05 Å². The number of nitrogens with two attached hydrogens (primary N) is 1. The van der Waals surface area contributed by atoms with E-state index in [0.717, 1.165) is 18.5 Å². The van der Waals surface area contributed by atoms with Crippen molar-refractivity contribution in [2.24, 2.45) is 18.7 Å². The lowest BCUT2D eigenvalue weighted by Crippen LogP contribution is -2.15. The Labute approximate surface area is 79.1 Å². The molecule has 0 radical (unpaired) electrons. The molecule has 1 atom stereocenters. The summed E-state index contributed by atoms with van der Waals surface area (Å²) in [5.41, 5.74) is 7.00. The Bertz CT molecular complexity index is 254. The van der Waals surface area contributed by atoms with Crippen molar-refractivity contribution in [3.05, 3.63) is 11.9 Å². The average molecular weight is 182 g/mol. The quantitative estimate of drug-likeness (QED) is 0.762. The number of aryl methyl sites for hydroxylation is 1. The van der Waals surface area contributed by atoms with Gasteiger partial charge in [0, 0.05) is 13.1 Å². The van der Waals surface area contributed by atoms with E-state index in [1.54, 1.807) is 10.9 Å². The van der Waals surface area contributed by atoms with Gasteiger partial charge in [0.05, 0.1) is 11.9 Å². The van der Waals surface area contributed by atoms with Gasteiger partial charge in [0.15, 0.2) is 0 Å². The summed E-state index contributed by atoms with van der Waals surface area (Å²) in [6, 6.07) is 0.0717. The zero-order valence-corrected chi connectivity index (χ0v) is 8.57. The second-order valence-corrected chi connectivity index (χ2v) is 3.86. The molecule has 0 saturated carbocycles. The zero-order valence-electron chi connectivity index (χ0n) is 8.57. The Morgan fingerprint density at radius 2 is 2.15 bits per heavy atom. The van der Waals surface area contributed by atoms with Crippen LogP contribution in [-0.4, -0.2) is 15.0 Å². The highest BCUT2D eigenvalue weighted by Gasteiger charge is 2.10. The molecule has 0 bridgehead atoms. The highest BCUT2D eigenvalue weighted by molar-refractivity contribution is 5.00. The summed E-state index contributed by atoms with van der Waals surface area (Å²) < 4.78 is 1.74. The van der Waals surface area contributed by atoms with E-state index in [2.05, 4.69) is 24.2 Å². The summed E-state index contributed by atoms with van der Waals surface area (Å²) in [4.78, 5) is 0. The fourth-order valence-electron chi connectivity index (χ4n) is 1.29. The van der Waals surface area contributed by atoms with E-state index in [1.165, 1.54) is 0 Å². The monoisotopic (exact) mass is 182 g/mol. The molecular formula is C9H18N4. The minimum atomic E-state index is 0.0717. The van der Waals surface area contributed by atoms with Crippen molar-refractivity contribution in [3.63, 3.8) is 0 Å². The molecule has 13 heavy (non-hydrogen) atoms. The first-order chi connectivity index (χ1) is 6.11. The Morgan fingerprint density at radius 1 is 1.46 bits per heavy atom. The number of rotatable bonds is 4. The van der Waals surface area contributed by atoms with Crippen LogP contribution in [0.5, 0.6) is 0 Å². The molecule has 0 aliphatic carbocycles. The van der Waals surface area contributed by atoms with Gasteiger partial charge in [0.1, 0.15) is 0 Å². The van der Waals surface area contributed by atoms with E-state index in [0.29, 0.717) is 5.92 Å². The Hall–Kier alpha value is -0.900. The Kier molecular flexibility index (Phi) is 3.42. The lowest BCUT2D eigenvalue weighted by molar-refractivity contribution is 0.488. The molecule has 4 nitrogen and oxygen atoms in total. The van der Waals surface area contributed by atoms with Crippen LogP contribution in [0.2, 0.25) is 0 Å². The SMILES string of the molecule is CC(C)CCC(N)c1cnnn1C. The van der Waals surface area contributed by atoms with Crippen LogP contribution in [0.3, 0.4) is 0 Å². The van der Waals surface area contributed by atoms with Crippen LogP contribution < -0.4 is 5.73 Å². The van der Waals surface area contributed by atoms with Crippen molar-refractivity contribution >= 4 is 0 Å². The van der Waals surface area contributed by atoms with Crippen LogP contribution >= 0.6 is 0 Å². The molecule has 0 aromatic carbocycles. The fraction of sp³-hybridized carbons (Fsp3) is 0.778. The van der Waals surface area contributed by atoms with Crippen molar-refractivity contribution in [1.82, 2.24) is 15.0 Å². The average Bonchev–Trinajstić information content (AvgIpc) is 2.47. The minimum absolute atomic E-state index is 0.0717. The van der Waals surface area contributed by atoms with Crippen molar-refractivity contribution in [2.45, 2.75) is 32.7 Å². The van der Waals surface area contributed by atoms with E-state index in [-0.39, 0.29) is 6.04 Å². The number of hydrogen-bond acceptors (Lipinski definition) is 3. The molecule has 0 aliphatic rings. The summed E-state index contributed by atoms with van der Waals surface area (Å²) in [5, 5.41) is 7.65.